The monoisotopic (exact) mass is 311 g/mol. The number of hydrogen-bond acceptors (Lipinski definition) is 6. The number of nitrogens with one attached hydrogen (secondary N) is 1. The topological polar surface area (TPSA) is 81.2 Å². The van der Waals surface area contributed by atoms with Gasteiger partial charge in [-0.3, -0.25) is 9.59 Å². The van der Waals surface area contributed by atoms with E-state index in [0.717, 1.165) is 17.8 Å². The lowest BCUT2D eigenvalue weighted by molar-refractivity contribution is -0.144. The van der Waals surface area contributed by atoms with E-state index in [-0.39, 0.29) is 24.7 Å². The molecule has 1 amide bonds. The lowest BCUT2D eigenvalue weighted by Crippen LogP contribution is -2.14. The highest BCUT2D eigenvalue weighted by Crippen LogP contribution is 2.35. The minimum absolute atomic E-state index is 0.0912. The van der Waals surface area contributed by atoms with Crippen LogP contribution in [0.3, 0.4) is 0 Å². The van der Waals surface area contributed by atoms with Crippen LogP contribution >= 0.6 is 11.3 Å². The Labute approximate surface area is 128 Å². The second-order valence-electron chi connectivity index (χ2n) is 5.13. The molecular weight excluding hydrogens is 290 g/mol. The number of rotatable bonds is 6. The van der Waals surface area contributed by atoms with Gasteiger partial charge in [-0.2, -0.15) is 0 Å². The van der Waals surface area contributed by atoms with Crippen molar-refractivity contribution in [3.63, 3.8) is 0 Å². The van der Waals surface area contributed by atoms with Crippen molar-refractivity contribution in [2.45, 2.75) is 57.8 Å². The summed E-state index contributed by atoms with van der Waals surface area (Å²) in [6.07, 6.45) is 6.30. The number of nitrogens with zero attached hydrogens (tertiary/aromatic N) is 2. The maximum absolute atomic E-state index is 11.7. The van der Waals surface area contributed by atoms with Crippen LogP contribution in [0.1, 0.15) is 62.8 Å². The van der Waals surface area contributed by atoms with Gasteiger partial charge >= 0.3 is 5.97 Å². The summed E-state index contributed by atoms with van der Waals surface area (Å²) in [6, 6.07) is 0. The molecule has 6 nitrogen and oxygen atoms in total. The van der Waals surface area contributed by atoms with E-state index in [2.05, 4.69) is 15.5 Å². The standard InChI is InChI=1S/C14H21N3O3S/c1-2-20-12(19)9-8-11(18)15-14-17-16-13(21-14)10-6-4-3-5-7-10/h10H,2-9H2,1H3,(H,15,17,18). The van der Waals surface area contributed by atoms with Gasteiger partial charge in [-0.15, -0.1) is 10.2 Å². The molecule has 1 aromatic heterocycles. The van der Waals surface area contributed by atoms with Crippen LogP contribution in [0.4, 0.5) is 5.13 Å². The zero-order valence-electron chi connectivity index (χ0n) is 12.3. The Morgan fingerprint density at radius 2 is 2.00 bits per heavy atom. The first kappa shape index (κ1) is 15.9. The third-order valence-electron chi connectivity index (χ3n) is 3.50. The summed E-state index contributed by atoms with van der Waals surface area (Å²) in [4.78, 5) is 22.9. The van der Waals surface area contributed by atoms with Gasteiger partial charge < -0.3 is 10.1 Å². The Kier molecular flexibility index (Phi) is 6.10. The molecule has 116 valence electrons. The molecule has 1 heterocycles. The highest BCUT2D eigenvalue weighted by molar-refractivity contribution is 7.15. The third kappa shape index (κ3) is 5.08. The van der Waals surface area contributed by atoms with Gasteiger partial charge in [0, 0.05) is 12.3 Å². The van der Waals surface area contributed by atoms with Gasteiger partial charge in [0.2, 0.25) is 11.0 Å². The van der Waals surface area contributed by atoms with Gasteiger partial charge in [0.05, 0.1) is 13.0 Å². The first-order valence-electron chi connectivity index (χ1n) is 7.48. The van der Waals surface area contributed by atoms with Crippen LogP contribution in [0.15, 0.2) is 0 Å². The number of esters is 1. The summed E-state index contributed by atoms with van der Waals surface area (Å²) in [6.45, 7) is 2.08. The van der Waals surface area contributed by atoms with Crippen LogP contribution in [-0.2, 0) is 14.3 Å². The second-order valence-corrected chi connectivity index (χ2v) is 6.14. The van der Waals surface area contributed by atoms with Gasteiger partial charge in [-0.1, -0.05) is 30.6 Å². The highest BCUT2D eigenvalue weighted by Gasteiger charge is 2.20. The Balaban J connectivity index is 1.78. The van der Waals surface area contributed by atoms with Crippen molar-refractivity contribution in [3.8, 4) is 0 Å². The van der Waals surface area contributed by atoms with Gasteiger partial charge in [0.1, 0.15) is 5.01 Å². The number of hydrogen-bond donors (Lipinski definition) is 1. The van der Waals surface area contributed by atoms with E-state index in [0.29, 0.717) is 17.7 Å². The number of carbonyl (C=O) groups is 2. The highest BCUT2D eigenvalue weighted by atomic mass is 32.1. The minimum Gasteiger partial charge on any atom is -0.466 e. The van der Waals surface area contributed by atoms with E-state index < -0.39 is 0 Å². The number of aromatic nitrogens is 2. The SMILES string of the molecule is CCOC(=O)CCC(=O)Nc1nnc(C2CCCCC2)s1. The maximum Gasteiger partial charge on any atom is 0.306 e. The van der Waals surface area contributed by atoms with Crippen molar-refractivity contribution in [3.05, 3.63) is 5.01 Å². The minimum atomic E-state index is -0.354. The molecule has 0 saturated heterocycles. The molecule has 7 heteroatoms. The first-order chi connectivity index (χ1) is 10.2. The zero-order valence-corrected chi connectivity index (χ0v) is 13.1. The average molecular weight is 311 g/mol. The summed E-state index contributed by atoms with van der Waals surface area (Å²) >= 11 is 1.44. The molecule has 1 N–H and O–H groups in total. The average Bonchev–Trinajstić information content (AvgIpc) is 2.95. The first-order valence-corrected chi connectivity index (χ1v) is 8.29. The van der Waals surface area contributed by atoms with Gasteiger partial charge in [0.25, 0.3) is 0 Å². The Morgan fingerprint density at radius 3 is 2.71 bits per heavy atom. The van der Waals surface area contributed by atoms with Crippen LogP contribution in [-0.4, -0.2) is 28.7 Å². The molecule has 1 aliphatic carbocycles. The van der Waals surface area contributed by atoms with Crippen LogP contribution < -0.4 is 5.32 Å². The number of carbonyl (C=O) groups excluding carboxylic acids is 2. The molecule has 0 atom stereocenters. The molecule has 0 aromatic carbocycles. The zero-order chi connectivity index (χ0) is 15.1. The van der Waals surface area contributed by atoms with Gasteiger partial charge in [0.15, 0.2) is 0 Å². The number of ether oxygens (including phenoxy) is 1. The lowest BCUT2D eigenvalue weighted by Gasteiger charge is -2.18. The van der Waals surface area contributed by atoms with Crippen molar-refractivity contribution in [1.29, 1.82) is 0 Å². The van der Waals surface area contributed by atoms with Crippen molar-refractivity contribution < 1.29 is 14.3 Å². The molecule has 0 aliphatic heterocycles. The predicted molar refractivity (Wildman–Crippen MR) is 80.2 cm³/mol. The molecule has 1 saturated carbocycles. The number of anilines is 1. The molecular formula is C14H21N3O3S. The van der Waals surface area contributed by atoms with Gasteiger partial charge in [-0.25, -0.2) is 0 Å². The Hall–Kier alpha value is -1.50. The molecule has 0 unspecified atom stereocenters. The molecule has 1 aromatic rings. The van der Waals surface area contributed by atoms with Crippen molar-refractivity contribution in [2.75, 3.05) is 11.9 Å². The fourth-order valence-corrected chi connectivity index (χ4v) is 3.36. The maximum atomic E-state index is 11.7. The molecule has 0 radical (unpaired) electrons. The van der Waals surface area contributed by atoms with E-state index in [1.54, 1.807) is 6.92 Å². The number of amides is 1. The lowest BCUT2D eigenvalue weighted by atomic mass is 9.90. The van der Waals surface area contributed by atoms with Crippen LogP contribution in [0, 0.1) is 0 Å². The quantitative estimate of drug-likeness (QED) is 0.817. The predicted octanol–water partition coefficient (Wildman–Crippen LogP) is 2.87. The van der Waals surface area contributed by atoms with Crippen molar-refractivity contribution in [1.82, 2.24) is 10.2 Å². The van der Waals surface area contributed by atoms with E-state index in [4.69, 9.17) is 4.74 Å². The largest absolute Gasteiger partial charge is 0.466 e. The van der Waals surface area contributed by atoms with E-state index >= 15 is 0 Å². The summed E-state index contributed by atoms with van der Waals surface area (Å²) < 4.78 is 4.78. The fourth-order valence-electron chi connectivity index (χ4n) is 2.43. The molecule has 2 rings (SSSR count). The second kappa shape index (κ2) is 8.07. The van der Waals surface area contributed by atoms with Crippen molar-refractivity contribution >= 4 is 28.3 Å². The molecule has 1 aliphatic rings. The summed E-state index contributed by atoms with van der Waals surface area (Å²) in [5, 5.41) is 12.4. The van der Waals surface area contributed by atoms with Gasteiger partial charge in [-0.05, 0) is 19.8 Å². The van der Waals surface area contributed by atoms with Crippen LogP contribution in [0.25, 0.3) is 0 Å². The summed E-state index contributed by atoms with van der Waals surface area (Å²) in [5.41, 5.74) is 0. The van der Waals surface area contributed by atoms with E-state index in [1.807, 2.05) is 0 Å². The van der Waals surface area contributed by atoms with Crippen molar-refractivity contribution in [2.24, 2.45) is 0 Å². The molecule has 0 spiro atoms. The van der Waals surface area contributed by atoms with E-state index in [9.17, 15) is 9.59 Å². The smallest absolute Gasteiger partial charge is 0.306 e. The Bertz CT molecular complexity index is 484. The molecule has 0 bridgehead atoms. The fraction of sp³-hybridized carbons (Fsp3) is 0.714. The molecule has 21 heavy (non-hydrogen) atoms. The summed E-state index contributed by atoms with van der Waals surface area (Å²) in [5.74, 6) is -0.0939. The molecule has 1 fully saturated rings. The van der Waals surface area contributed by atoms with Crippen LogP contribution in [0.5, 0.6) is 0 Å². The summed E-state index contributed by atoms with van der Waals surface area (Å²) in [7, 11) is 0. The van der Waals surface area contributed by atoms with Crippen LogP contribution in [0.2, 0.25) is 0 Å². The van der Waals surface area contributed by atoms with E-state index in [1.165, 1.54) is 30.6 Å². The normalized spacial score (nSPS) is 15.7. The third-order valence-corrected chi connectivity index (χ3v) is 4.50. The Morgan fingerprint density at radius 1 is 1.24 bits per heavy atom.